The third-order valence-electron chi connectivity index (χ3n) is 3.25. The molecule has 4 nitrogen and oxygen atoms in total. The van der Waals surface area contributed by atoms with Crippen molar-refractivity contribution < 1.29 is 14.2 Å². The first kappa shape index (κ1) is 13.2. The molecule has 0 saturated carbocycles. The second-order valence-corrected chi connectivity index (χ2v) is 4.44. The van der Waals surface area contributed by atoms with Gasteiger partial charge in [-0.25, -0.2) is 0 Å². The van der Waals surface area contributed by atoms with Gasteiger partial charge in [-0.15, -0.1) is 0 Å². The molecule has 1 aromatic carbocycles. The van der Waals surface area contributed by atoms with E-state index in [4.69, 9.17) is 14.2 Å². The maximum absolute atomic E-state index is 5.45. The Kier molecular flexibility index (Phi) is 4.84. The Morgan fingerprint density at radius 2 is 2.22 bits per heavy atom. The van der Waals surface area contributed by atoms with Crippen molar-refractivity contribution >= 4 is 0 Å². The highest BCUT2D eigenvalue weighted by molar-refractivity contribution is 5.40. The van der Waals surface area contributed by atoms with Crippen LogP contribution >= 0.6 is 0 Å². The van der Waals surface area contributed by atoms with Gasteiger partial charge >= 0.3 is 0 Å². The van der Waals surface area contributed by atoms with Crippen molar-refractivity contribution in [2.75, 3.05) is 34.0 Å². The van der Waals surface area contributed by atoms with E-state index in [1.165, 1.54) is 5.56 Å². The van der Waals surface area contributed by atoms with E-state index in [1.54, 1.807) is 14.2 Å². The number of aryl methyl sites for hydroxylation is 1. The summed E-state index contributed by atoms with van der Waals surface area (Å²) in [6.07, 6.45) is 2.04. The average Bonchev–Trinajstić information content (AvgIpc) is 2.46. The maximum Gasteiger partial charge on any atom is 0.125 e. The lowest BCUT2D eigenvalue weighted by atomic mass is 10.0. The van der Waals surface area contributed by atoms with Gasteiger partial charge in [-0.3, -0.25) is 0 Å². The highest BCUT2D eigenvalue weighted by atomic mass is 16.5. The quantitative estimate of drug-likeness (QED) is 0.863. The van der Waals surface area contributed by atoms with Crippen LogP contribution in [0, 0.1) is 0 Å². The van der Waals surface area contributed by atoms with E-state index >= 15 is 0 Å². The van der Waals surface area contributed by atoms with Crippen LogP contribution in [0.4, 0.5) is 0 Å². The van der Waals surface area contributed by atoms with E-state index in [0.717, 1.165) is 44.1 Å². The van der Waals surface area contributed by atoms with E-state index in [-0.39, 0.29) is 0 Å². The molecule has 0 aromatic heterocycles. The fraction of sp³-hybridized carbons (Fsp3) is 0.571. The Morgan fingerprint density at radius 3 is 2.89 bits per heavy atom. The van der Waals surface area contributed by atoms with Crippen LogP contribution in [0.2, 0.25) is 0 Å². The molecule has 0 amide bonds. The molecule has 4 heteroatoms. The number of hydrogen-bond acceptors (Lipinski definition) is 4. The fourth-order valence-electron chi connectivity index (χ4n) is 2.19. The van der Waals surface area contributed by atoms with Crippen molar-refractivity contribution in [2.45, 2.75) is 18.9 Å². The Morgan fingerprint density at radius 1 is 1.33 bits per heavy atom. The molecular weight excluding hydrogens is 230 g/mol. The van der Waals surface area contributed by atoms with Gasteiger partial charge in [0.25, 0.3) is 0 Å². The van der Waals surface area contributed by atoms with Crippen molar-refractivity contribution in [3.05, 3.63) is 23.8 Å². The van der Waals surface area contributed by atoms with Crippen LogP contribution in [0.15, 0.2) is 18.2 Å². The maximum atomic E-state index is 5.45. The summed E-state index contributed by atoms with van der Waals surface area (Å²) in [6, 6.07) is 6.43. The van der Waals surface area contributed by atoms with Crippen LogP contribution in [-0.4, -0.2) is 40.0 Å². The lowest BCUT2D eigenvalue weighted by Crippen LogP contribution is -2.41. The van der Waals surface area contributed by atoms with Crippen molar-refractivity contribution in [1.82, 2.24) is 5.32 Å². The predicted molar refractivity (Wildman–Crippen MR) is 70.5 cm³/mol. The van der Waals surface area contributed by atoms with Crippen LogP contribution in [0.3, 0.4) is 0 Å². The van der Waals surface area contributed by atoms with E-state index in [9.17, 15) is 0 Å². The fourth-order valence-corrected chi connectivity index (χ4v) is 2.19. The molecule has 1 aliphatic rings. The minimum atomic E-state index is 0.450. The smallest absolute Gasteiger partial charge is 0.125 e. The second-order valence-electron chi connectivity index (χ2n) is 4.44. The standard InChI is InChI=1S/C14H21NO3/c1-16-13-6-4-11(14(9-13)17-2)3-5-12-10-18-8-7-15-12/h4,6,9,12,15H,3,5,7-8,10H2,1-2H3. The molecule has 2 rings (SSSR count). The number of nitrogens with one attached hydrogen (secondary N) is 1. The Labute approximate surface area is 108 Å². The molecule has 1 saturated heterocycles. The number of ether oxygens (including phenoxy) is 3. The predicted octanol–water partition coefficient (Wildman–Crippen LogP) is 1.62. The van der Waals surface area contributed by atoms with Crippen molar-refractivity contribution in [2.24, 2.45) is 0 Å². The number of hydrogen-bond donors (Lipinski definition) is 1. The van der Waals surface area contributed by atoms with Crippen molar-refractivity contribution in [3.63, 3.8) is 0 Å². The number of benzene rings is 1. The van der Waals surface area contributed by atoms with Gasteiger partial charge in [0.2, 0.25) is 0 Å². The Hall–Kier alpha value is -1.26. The van der Waals surface area contributed by atoms with E-state index in [2.05, 4.69) is 11.4 Å². The van der Waals surface area contributed by atoms with Crippen LogP contribution in [-0.2, 0) is 11.2 Å². The summed E-state index contributed by atoms with van der Waals surface area (Å²) >= 11 is 0. The minimum absolute atomic E-state index is 0.450. The summed E-state index contributed by atoms with van der Waals surface area (Å²) in [5, 5.41) is 3.46. The van der Waals surface area contributed by atoms with Gasteiger partial charge in [0.1, 0.15) is 11.5 Å². The lowest BCUT2D eigenvalue weighted by molar-refractivity contribution is 0.0743. The van der Waals surface area contributed by atoms with E-state index < -0.39 is 0 Å². The zero-order chi connectivity index (χ0) is 12.8. The third-order valence-corrected chi connectivity index (χ3v) is 3.25. The summed E-state index contributed by atoms with van der Waals surface area (Å²) in [5.41, 5.74) is 1.21. The summed E-state index contributed by atoms with van der Waals surface area (Å²) < 4.78 is 16.0. The molecule has 1 fully saturated rings. The van der Waals surface area contributed by atoms with Gasteiger partial charge < -0.3 is 19.5 Å². The van der Waals surface area contributed by atoms with Gasteiger partial charge in [0.05, 0.1) is 27.4 Å². The van der Waals surface area contributed by atoms with Crippen LogP contribution in [0.25, 0.3) is 0 Å². The minimum Gasteiger partial charge on any atom is -0.497 e. The molecule has 0 aliphatic carbocycles. The Balaban J connectivity index is 1.95. The van der Waals surface area contributed by atoms with Crippen molar-refractivity contribution in [3.8, 4) is 11.5 Å². The van der Waals surface area contributed by atoms with E-state index in [0.29, 0.717) is 6.04 Å². The monoisotopic (exact) mass is 251 g/mol. The molecule has 1 aliphatic heterocycles. The first-order valence-electron chi connectivity index (χ1n) is 6.35. The molecule has 0 radical (unpaired) electrons. The zero-order valence-electron chi connectivity index (χ0n) is 11.1. The largest absolute Gasteiger partial charge is 0.497 e. The van der Waals surface area contributed by atoms with Crippen LogP contribution < -0.4 is 14.8 Å². The number of rotatable bonds is 5. The highest BCUT2D eigenvalue weighted by Crippen LogP contribution is 2.25. The summed E-state index contributed by atoms with van der Waals surface area (Å²) in [5.74, 6) is 1.72. The van der Waals surface area contributed by atoms with Gasteiger partial charge in [0, 0.05) is 18.7 Å². The third kappa shape index (κ3) is 3.37. The normalized spacial score (nSPS) is 19.6. The van der Waals surface area contributed by atoms with Crippen molar-refractivity contribution in [1.29, 1.82) is 0 Å². The average molecular weight is 251 g/mol. The van der Waals surface area contributed by atoms with E-state index in [1.807, 2.05) is 12.1 Å². The second kappa shape index (κ2) is 6.61. The summed E-state index contributed by atoms with van der Waals surface area (Å²) in [7, 11) is 3.36. The molecule has 0 bridgehead atoms. The number of methoxy groups -OCH3 is 2. The first-order chi connectivity index (χ1) is 8.83. The molecular formula is C14H21NO3. The van der Waals surface area contributed by atoms with Crippen LogP contribution in [0.5, 0.6) is 11.5 Å². The SMILES string of the molecule is COc1ccc(CCC2COCCN2)c(OC)c1. The summed E-state index contributed by atoms with van der Waals surface area (Å²) in [4.78, 5) is 0. The van der Waals surface area contributed by atoms with Gasteiger partial charge in [-0.2, -0.15) is 0 Å². The molecule has 1 N–H and O–H groups in total. The topological polar surface area (TPSA) is 39.7 Å². The lowest BCUT2D eigenvalue weighted by Gasteiger charge is -2.24. The summed E-state index contributed by atoms with van der Waals surface area (Å²) in [6.45, 7) is 2.57. The van der Waals surface area contributed by atoms with Gasteiger partial charge in [0.15, 0.2) is 0 Å². The number of morpholine rings is 1. The van der Waals surface area contributed by atoms with Crippen LogP contribution in [0.1, 0.15) is 12.0 Å². The molecule has 18 heavy (non-hydrogen) atoms. The Bertz CT molecular complexity index is 375. The molecule has 0 spiro atoms. The zero-order valence-corrected chi connectivity index (χ0v) is 11.1. The molecule has 1 atom stereocenters. The van der Waals surface area contributed by atoms with Gasteiger partial charge in [-0.05, 0) is 24.5 Å². The van der Waals surface area contributed by atoms with Gasteiger partial charge in [-0.1, -0.05) is 6.07 Å². The first-order valence-corrected chi connectivity index (χ1v) is 6.35. The highest BCUT2D eigenvalue weighted by Gasteiger charge is 2.14. The molecule has 100 valence electrons. The molecule has 1 aromatic rings. The molecule has 1 heterocycles. The molecule has 1 unspecified atom stereocenters.